The predicted octanol–water partition coefficient (Wildman–Crippen LogP) is 4.83. The van der Waals surface area contributed by atoms with Crippen molar-refractivity contribution >= 4 is 0 Å². The first-order chi connectivity index (χ1) is 16.2. The van der Waals surface area contributed by atoms with E-state index in [0.717, 1.165) is 16.9 Å². The molecule has 0 aliphatic carbocycles. The molecule has 176 valence electrons. The highest BCUT2D eigenvalue weighted by molar-refractivity contribution is 5.66. The molecule has 0 fully saturated rings. The summed E-state index contributed by atoms with van der Waals surface area (Å²) < 4.78 is 14.2. The molecule has 0 aliphatic heterocycles. The first-order valence-electron chi connectivity index (χ1n) is 11.2. The van der Waals surface area contributed by atoms with Crippen molar-refractivity contribution in [2.24, 2.45) is 7.05 Å². The van der Waals surface area contributed by atoms with E-state index in [2.05, 4.69) is 67.6 Å². The minimum atomic E-state index is -0.340. The highest BCUT2D eigenvalue weighted by atomic mass is 16.5. The topological polar surface area (TPSA) is 71.2 Å². The van der Waals surface area contributed by atoms with Gasteiger partial charge in [-0.15, -0.1) is 0 Å². The second-order valence-electron chi connectivity index (χ2n) is 9.35. The third-order valence-electron chi connectivity index (χ3n) is 5.89. The molecule has 0 saturated carbocycles. The number of tetrazole rings is 1. The maximum atomic E-state index is 12.4. The van der Waals surface area contributed by atoms with Gasteiger partial charge >= 0.3 is 5.69 Å². The van der Waals surface area contributed by atoms with E-state index >= 15 is 0 Å². The number of ether oxygens (including phenoxy) is 2. The summed E-state index contributed by atoms with van der Waals surface area (Å²) in [5.41, 5.74) is 5.67. The lowest BCUT2D eigenvalue weighted by molar-refractivity contribution is 0.294. The molecule has 3 aromatic carbocycles. The number of aromatic nitrogens is 4. The van der Waals surface area contributed by atoms with Crippen molar-refractivity contribution in [3.8, 4) is 28.3 Å². The van der Waals surface area contributed by atoms with Crippen LogP contribution in [0.2, 0.25) is 0 Å². The number of aryl methyl sites for hydroxylation is 2. The van der Waals surface area contributed by atoms with Gasteiger partial charge in [0.1, 0.15) is 18.1 Å². The maximum absolute atomic E-state index is 12.4. The fourth-order valence-electron chi connectivity index (χ4n) is 3.86. The van der Waals surface area contributed by atoms with Gasteiger partial charge in [0.15, 0.2) is 0 Å². The van der Waals surface area contributed by atoms with Crippen LogP contribution in [0.3, 0.4) is 0 Å². The van der Waals surface area contributed by atoms with Crippen LogP contribution < -0.4 is 15.2 Å². The Morgan fingerprint density at radius 1 is 0.912 bits per heavy atom. The SMILES string of the molecule is COc1cccc(-n2nnn(C)c2=O)c1COc1ccc(-c2cccc(C(C)(C)C)c2)cc1C. The van der Waals surface area contributed by atoms with Gasteiger partial charge in [0.05, 0.1) is 18.4 Å². The van der Waals surface area contributed by atoms with Crippen molar-refractivity contribution in [1.82, 2.24) is 19.8 Å². The summed E-state index contributed by atoms with van der Waals surface area (Å²) in [4.78, 5) is 12.4. The van der Waals surface area contributed by atoms with E-state index in [1.807, 2.05) is 25.1 Å². The quantitative estimate of drug-likeness (QED) is 0.414. The second kappa shape index (κ2) is 9.17. The van der Waals surface area contributed by atoms with Crippen LogP contribution >= 0.6 is 0 Å². The molecule has 0 amide bonds. The van der Waals surface area contributed by atoms with E-state index in [9.17, 15) is 4.79 Å². The lowest BCUT2D eigenvalue weighted by atomic mass is 9.85. The van der Waals surface area contributed by atoms with E-state index in [0.29, 0.717) is 17.0 Å². The van der Waals surface area contributed by atoms with Crippen molar-refractivity contribution in [3.63, 3.8) is 0 Å². The number of rotatable bonds is 6. The van der Waals surface area contributed by atoms with Crippen molar-refractivity contribution in [1.29, 1.82) is 0 Å². The molecule has 1 aromatic heterocycles. The largest absolute Gasteiger partial charge is 0.496 e. The van der Waals surface area contributed by atoms with Gasteiger partial charge in [0.25, 0.3) is 0 Å². The average Bonchev–Trinajstić information content (AvgIpc) is 3.15. The summed E-state index contributed by atoms with van der Waals surface area (Å²) in [7, 11) is 3.15. The molecule has 0 atom stereocenters. The Bertz CT molecular complexity index is 1380. The van der Waals surface area contributed by atoms with Crippen molar-refractivity contribution in [3.05, 3.63) is 87.8 Å². The highest BCUT2D eigenvalue weighted by Gasteiger charge is 2.17. The maximum Gasteiger partial charge on any atom is 0.368 e. The van der Waals surface area contributed by atoms with Gasteiger partial charge in [-0.25, -0.2) is 4.79 Å². The van der Waals surface area contributed by atoms with Crippen molar-refractivity contribution < 1.29 is 9.47 Å². The minimum Gasteiger partial charge on any atom is -0.496 e. The Labute approximate surface area is 199 Å². The lowest BCUT2D eigenvalue weighted by Crippen LogP contribution is -2.23. The Hall–Kier alpha value is -3.87. The number of nitrogens with zero attached hydrogens (tertiary/aromatic N) is 4. The van der Waals surface area contributed by atoms with Crippen LogP contribution in [0, 0.1) is 6.92 Å². The van der Waals surface area contributed by atoms with Crippen molar-refractivity contribution in [2.75, 3.05) is 7.11 Å². The predicted molar refractivity (Wildman–Crippen MR) is 133 cm³/mol. The zero-order valence-electron chi connectivity index (χ0n) is 20.5. The third-order valence-corrected chi connectivity index (χ3v) is 5.89. The van der Waals surface area contributed by atoms with Crippen LogP contribution in [-0.2, 0) is 19.1 Å². The van der Waals surface area contributed by atoms with Crippen LogP contribution in [0.25, 0.3) is 16.8 Å². The van der Waals surface area contributed by atoms with Gasteiger partial charge in [-0.2, -0.15) is 9.36 Å². The van der Waals surface area contributed by atoms with Gasteiger partial charge < -0.3 is 9.47 Å². The molecule has 4 aromatic rings. The standard InChI is InChI=1S/C27H30N4O3/c1-18-15-20(19-9-7-10-21(16-19)27(2,3)4)13-14-24(18)34-17-22-23(11-8-12-25(22)33-6)31-26(32)30(5)28-29-31/h7-16H,17H2,1-6H3. The fourth-order valence-corrected chi connectivity index (χ4v) is 3.86. The molecule has 0 spiro atoms. The normalized spacial score (nSPS) is 11.5. The fraction of sp³-hybridized carbons (Fsp3) is 0.296. The van der Waals surface area contributed by atoms with E-state index in [4.69, 9.17) is 9.47 Å². The van der Waals surface area contributed by atoms with Gasteiger partial charge in [-0.3, -0.25) is 0 Å². The molecular weight excluding hydrogens is 428 g/mol. The Kier molecular flexibility index (Phi) is 6.28. The number of methoxy groups -OCH3 is 1. The molecular formula is C27H30N4O3. The van der Waals surface area contributed by atoms with Gasteiger partial charge in [0, 0.05) is 7.05 Å². The molecule has 0 aliphatic rings. The molecule has 7 nitrogen and oxygen atoms in total. The molecule has 0 unspecified atom stereocenters. The summed E-state index contributed by atoms with van der Waals surface area (Å²) in [5, 5.41) is 7.79. The summed E-state index contributed by atoms with van der Waals surface area (Å²) in [6.45, 7) is 8.89. The molecule has 0 radical (unpaired) electrons. The third kappa shape index (κ3) is 4.59. The van der Waals surface area contributed by atoms with Crippen LogP contribution in [0.4, 0.5) is 0 Å². The lowest BCUT2D eigenvalue weighted by Gasteiger charge is -2.20. The molecule has 34 heavy (non-hydrogen) atoms. The Morgan fingerprint density at radius 3 is 2.29 bits per heavy atom. The van der Waals surface area contributed by atoms with Crippen molar-refractivity contribution in [2.45, 2.75) is 39.7 Å². The van der Waals surface area contributed by atoms with Gasteiger partial charge in [-0.05, 0) is 69.3 Å². The Morgan fingerprint density at radius 2 is 1.65 bits per heavy atom. The summed E-state index contributed by atoms with van der Waals surface area (Å²) in [5.74, 6) is 1.38. The summed E-state index contributed by atoms with van der Waals surface area (Å²) in [6, 6.07) is 20.3. The molecule has 0 bridgehead atoms. The average molecular weight is 459 g/mol. The zero-order valence-corrected chi connectivity index (χ0v) is 20.5. The van der Waals surface area contributed by atoms with E-state index in [1.165, 1.54) is 20.5 Å². The summed E-state index contributed by atoms with van der Waals surface area (Å²) >= 11 is 0. The highest BCUT2D eigenvalue weighted by Crippen LogP contribution is 2.32. The number of benzene rings is 3. The van der Waals surface area contributed by atoms with Crippen LogP contribution in [0.15, 0.2) is 65.5 Å². The van der Waals surface area contributed by atoms with Gasteiger partial charge in [-0.1, -0.05) is 57.2 Å². The first kappa shape index (κ1) is 23.3. The monoisotopic (exact) mass is 458 g/mol. The van der Waals surface area contributed by atoms with Crippen LogP contribution in [-0.4, -0.2) is 26.9 Å². The first-order valence-corrected chi connectivity index (χ1v) is 11.2. The summed E-state index contributed by atoms with van der Waals surface area (Å²) in [6.07, 6.45) is 0. The van der Waals surface area contributed by atoms with E-state index in [1.54, 1.807) is 20.2 Å². The van der Waals surface area contributed by atoms with Crippen LogP contribution in [0.1, 0.15) is 37.5 Å². The molecule has 7 heteroatoms. The van der Waals surface area contributed by atoms with E-state index < -0.39 is 0 Å². The smallest absolute Gasteiger partial charge is 0.368 e. The molecule has 0 saturated heterocycles. The Balaban J connectivity index is 1.62. The second-order valence-corrected chi connectivity index (χ2v) is 9.35. The minimum absolute atomic E-state index is 0.0889. The van der Waals surface area contributed by atoms with Gasteiger partial charge in [0.2, 0.25) is 0 Å². The number of hydrogen-bond acceptors (Lipinski definition) is 5. The number of hydrogen-bond donors (Lipinski definition) is 0. The molecule has 0 N–H and O–H groups in total. The molecule has 4 rings (SSSR count). The van der Waals surface area contributed by atoms with Crippen LogP contribution in [0.5, 0.6) is 11.5 Å². The van der Waals surface area contributed by atoms with E-state index in [-0.39, 0.29) is 17.7 Å². The molecule has 1 heterocycles. The zero-order chi connectivity index (χ0) is 24.5.